The first-order valence-electron chi connectivity index (χ1n) is 12.0. The Kier molecular flexibility index (Phi) is 7.28. The third-order valence-corrected chi connectivity index (χ3v) is 7.35. The lowest BCUT2D eigenvalue weighted by atomic mass is 9.90. The SMILES string of the molecule is CN(C(=O)OC(C)(C)C)C1CCC(n2cc(-c3cc(OS(=O)(=O)C(F)(F)F)c4c(C#N)cnn4c3)cn2)CC1. The second-order valence-electron chi connectivity index (χ2n) is 10.3. The summed E-state index contributed by atoms with van der Waals surface area (Å²) in [6.45, 7) is 5.42. The third kappa shape index (κ3) is 5.95. The predicted molar refractivity (Wildman–Crippen MR) is 132 cm³/mol. The fourth-order valence-electron chi connectivity index (χ4n) is 4.43. The predicted octanol–water partition coefficient (Wildman–Crippen LogP) is 4.65. The van der Waals surface area contributed by atoms with Gasteiger partial charge in [0, 0.05) is 36.6 Å². The molecule has 0 aromatic carbocycles. The average molecular weight is 569 g/mol. The molecular weight excluding hydrogens is 541 g/mol. The number of nitriles is 1. The van der Waals surface area contributed by atoms with Crippen LogP contribution in [0.5, 0.6) is 5.75 Å². The Balaban J connectivity index is 1.55. The molecule has 0 spiro atoms. The van der Waals surface area contributed by atoms with Crippen molar-refractivity contribution in [3.8, 4) is 22.9 Å². The Hall–Kier alpha value is -3.80. The van der Waals surface area contributed by atoms with Gasteiger partial charge in [-0.2, -0.15) is 37.0 Å². The molecule has 3 aromatic heterocycles. The highest BCUT2D eigenvalue weighted by Crippen LogP contribution is 2.36. The first kappa shape index (κ1) is 28.2. The highest BCUT2D eigenvalue weighted by Gasteiger charge is 2.49. The van der Waals surface area contributed by atoms with Crippen molar-refractivity contribution in [2.24, 2.45) is 0 Å². The first-order chi connectivity index (χ1) is 18.1. The molecule has 3 heterocycles. The number of carbonyl (C=O) groups excluding carboxylic acids is 1. The average Bonchev–Trinajstić information content (AvgIpc) is 3.49. The van der Waals surface area contributed by atoms with Crippen LogP contribution in [0.2, 0.25) is 0 Å². The minimum absolute atomic E-state index is 0.0120. The van der Waals surface area contributed by atoms with Crippen LogP contribution in [0.3, 0.4) is 0 Å². The standard InChI is InChI=1S/C24H27F3N6O5S/c1-23(2,3)37-22(34)31(4)18-5-7-19(8-6-18)32-14-17(12-29-32)15-9-20(38-39(35,36)24(25,26)27)21-16(10-28)11-30-33(21)13-15/h9,11-14,18-19H,5-8H2,1-4H3. The largest absolute Gasteiger partial charge is 0.534 e. The highest BCUT2D eigenvalue weighted by atomic mass is 32.2. The number of aromatic nitrogens is 4. The fraction of sp³-hybridized carbons (Fsp3) is 0.500. The van der Waals surface area contributed by atoms with Gasteiger partial charge in [0.25, 0.3) is 0 Å². The summed E-state index contributed by atoms with van der Waals surface area (Å²) in [4.78, 5) is 14.0. The summed E-state index contributed by atoms with van der Waals surface area (Å²) >= 11 is 0. The molecule has 0 saturated heterocycles. The van der Waals surface area contributed by atoms with Gasteiger partial charge >= 0.3 is 21.7 Å². The van der Waals surface area contributed by atoms with Crippen LogP contribution in [0, 0.1) is 11.3 Å². The number of ether oxygens (including phenoxy) is 1. The van der Waals surface area contributed by atoms with Crippen LogP contribution in [0.25, 0.3) is 16.6 Å². The topological polar surface area (TPSA) is 132 Å². The minimum Gasteiger partial charge on any atom is -0.444 e. The van der Waals surface area contributed by atoms with Crippen molar-refractivity contribution in [3.63, 3.8) is 0 Å². The summed E-state index contributed by atoms with van der Waals surface area (Å²) in [5.41, 5.74) is -5.86. The molecule has 1 aliphatic carbocycles. The van der Waals surface area contributed by atoms with Crippen LogP contribution >= 0.6 is 0 Å². The van der Waals surface area contributed by atoms with E-state index in [0.29, 0.717) is 5.56 Å². The van der Waals surface area contributed by atoms with Crippen LogP contribution in [0.1, 0.15) is 58.1 Å². The number of carbonyl (C=O) groups is 1. The molecule has 0 aliphatic heterocycles. The van der Waals surface area contributed by atoms with E-state index in [1.54, 1.807) is 28.9 Å². The van der Waals surface area contributed by atoms with E-state index in [2.05, 4.69) is 14.4 Å². The monoisotopic (exact) mass is 568 g/mol. The maximum absolute atomic E-state index is 13.0. The van der Waals surface area contributed by atoms with E-state index in [1.807, 2.05) is 20.8 Å². The number of amides is 1. The third-order valence-electron chi connectivity index (χ3n) is 6.38. The fourth-order valence-corrected chi connectivity index (χ4v) is 4.89. The zero-order valence-corrected chi connectivity index (χ0v) is 22.5. The number of fused-ring (bicyclic) bond motifs is 1. The summed E-state index contributed by atoms with van der Waals surface area (Å²) in [7, 11) is -4.28. The van der Waals surface area contributed by atoms with E-state index >= 15 is 0 Å². The lowest BCUT2D eigenvalue weighted by molar-refractivity contribution is -0.0499. The molecule has 15 heteroatoms. The minimum atomic E-state index is -5.99. The summed E-state index contributed by atoms with van der Waals surface area (Å²) in [6, 6.07) is 2.90. The second-order valence-corrected chi connectivity index (χ2v) is 11.8. The van der Waals surface area contributed by atoms with Crippen LogP contribution < -0.4 is 4.18 Å². The lowest BCUT2D eigenvalue weighted by Crippen LogP contribution is -2.42. The van der Waals surface area contributed by atoms with Crippen molar-refractivity contribution < 1.29 is 35.3 Å². The smallest absolute Gasteiger partial charge is 0.444 e. The zero-order chi connectivity index (χ0) is 28.8. The zero-order valence-electron chi connectivity index (χ0n) is 21.6. The number of alkyl halides is 3. The van der Waals surface area contributed by atoms with E-state index in [0.717, 1.165) is 42.5 Å². The molecule has 0 unspecified atom stereocenters. The van der Waals surface area contributed by atoms with Gasteiger partial charge in [0.05, 0.1) is 18.4 Å². The van der Waals surface area contributed by atoms with Gasteiger partial charge in [-0.05, 0) is 52.5 Å². The Morgan fingerprint density at radius 3 is 2.36 bits per heavy atom. The molecule has 0 N–H and O–H groups in total. The quantitative estimate of drug-likeness (QED) is 0.321. The molecule has 4 rings (SSSR count). The number of nitrogens with zero attached hydrogens (tertiary/aromatic N) is 6. The Morgan fingerprint density at radius 1 is 1.10 bits per heavy atom. The van der Waals surface area contributed by atoms with Crippen LogP contribution in [0.4, 0.5) is 18.0 Å². The molecule has 0 radical (unpaired) electrons. The lowest BCUT2D eigenvalue weighted by Gasteiger charge is -2.35. The highest BCUT2D eigenvalue weighted by molar-refractivity contribution is 7.88. The van der Waals surface area contributed by atoms with E-state index < -0.39 is 27.0 Å². The van der Waals surface area contributed by atoms with Crippen molar-refractivity contribution in [1.29, 1.82) is 5.26 Å². The van der Waals surface area contributed by atoms with Crippen molar-refractivity contribution in [2.75, 3.05) is 7.05 Å². The molecule has 11 nitrogen and oxygen atoms in total. The molecule has 210 valence electrons. The van der Waals surface area contributed by atoms with E-state index in [9.17, 15) is 31.6 Å². The van der Waals surface area contributed by atoms with E-state index in [-0.39, 0.29) is 34.8 Å². The maximum Gasteiger partial charge on any atom is 0.534 e. The molecule has 0 atom stereocenters. The molecule has 39 heavy (non-hydrogen) atoms. The number of rotatable bonds is 5. The molecule has 1 fully saturated rings. The summed E-state index contributed by atoms with van der Waals surface area (Å²) in [5, 5.41) is 17.7. The number of pyridine rings is 1. The van der Waals surface area contributed by atoms with Gasteiger partial charge in [-0.15, -0.1) is 0 Å². The van der Waals surface area contributed by atoms with Gasteiger partial charge in [-0.1, -0.05) is 0 Å². The van der Waals surface area contributed by atoms with Gasteiger partial charge in [0.15, 0.2) is 5.75 Å². The summed E-state index contributed by atoms with van der Waals surface area (Å²) in [6.07, 6.45) is 8.24. The Bertz CT molecular complexity index is 1530. The van der Waals surface area contributed by atoms with Crippen LogP contribution in [-0.4, -0.2) is 63.0 Å². The Morgan fingerprint density at radius 2 is 1.77 bits per heavy atom. The number of hydrogen-bond donors (Lipinski definition) is 0. The molecule has 1 aliphatic rings. The molecule has 0 bridgehead atoms. The molecule has 1 amide bonds. The van der Waals surface area contributed by atoms with E-state index in [4.69, 9.17) is 4.74 Å². The van der Waals surface area contributed by atoms with Gasteiger partial charge in [0.1, 0.15) is 22.8 Å². The summed E-state index contributed by atoms with van der Waals surface area (Å²) < 4.78 is 75.2. The molecule has 1 saturated carbocycles. The van der Waals surface area contributed by atoms with Crippen molar-refractivity contribution in [1.82, 2.24) is 24.3 Å². The van der Waals surface area contributed by atoms with Crippen molar-refractivity contribution in [3.05, 3.63) is 36.4 Å². The van der Waals surface area contributed by atoms with Crippen LogP contribution in [0.15, 0.2) is 30.9 Å². The second kappa shape index (κ2) is 10.1. The van der Waals surface area contributed by atoms with E-state index in [1.165, 1.54) is 12.4 Å². The number of hydrogen-bond acceptors (Lipinski definition) is 8. The first-order valence-corrected chi connectivity index (χ1v) is 13.4. The summed E-state index contributed by atoms with van der Waals surface area (Å²) in [5.74, 6) is -0.683. The van der Waals surface area contributed by atoms with Gasteiger partial charge in [-0.25, -0.2) is 9.31 Å². The van der Waals surface area contributed by atoms with Crippen molar-refractivity contribution in [2.45, 2.75) is 69.6 Å². The maximum atomic E-state index is 13.0. The number of halogens is 3. The van der Waals surface area contributed by atoms with Crippen LogP contribution in [-0.2, 0) is 14.9 Å². The van der Waals surface area contributed by atoms with Crippen molar-refractivity contribution >= 4 is 21.7 Å². The Labute approximate surface area is 222 Å². The van der Waals surface area contributed by atoms with Gasteiger partial charge in [0.2, 0.25) is 0 Å². The van der Waals surface area contributed by atoms with Gasteiger partial charge < -0.3 is 13.8 Å². The normalized spacial score (nSPS) is 18.5. The molecule has 3 aromatic rings. The van der Waals surface area contributed by atoms with Gasteiger partial charge in [-0.3, -0.25) is 4.68 Å². The molecular formula is C24H27F3N6O5S.